The zero-order valence-corrected chi connectivity index (χ0v) is 11.7. The molecule has 0 aromatic carbocycles. The van der Waals surface area contributed by atoms with Crippen molar-refractivity contribution in [2.75, 3.05) is 12.3 Å². The molecule has 3 heterocycles. The number of nitrogens with two attached hydrogens (primary N) is 1. The van der Waals surface area contributed by atoms with E-state index in [1.165, 1.54) is 25.8 Å². The number of rotatable bonds is 2. The Labute approximate surface area is 114 Å². The van der Waals surface area contributed by atoms with Crippen molar-refractivity contribution < 1.29 is 0 Å². The zero-order chi connectivity index (χ0) is 13.4. The number of nitrogen functional groups attached to an aromatic ring is 1. The van der Waals surface area contributed by atoms with Crippen LogP contribution in [0.4, 0.5) is 5.82 Å². The largest absolute Gasteiger partial charge is 0.385 e. The highest BCUT2D eigenvalue weighted by molar-refractivity contribution is 5.49. The van der Waals surface area contributed by atoms with Gasteiger partial charge in [-0.05, 0) is 45.4 Å². The van der Waals surface area contributed by atoms with E-state index in [0.29, 0.717) is 12.1 Å². The molecule has 3 rings (SSSR count). The van der Waals surface area contributed by atoms with E-state index in [1.54, 1.807) is 0 Å². The molecule has 2 aromatic rings. The van der Waals surface area contributed by atoms with Crippen LogP contribution in [0, 0.1) is 0 Å². The van der Waals surface area contributed by atoms with Crippen molar-refractivity contribution in [1.29, 1.82) is 0 Å². The third-order valence-corrected chi connectivity index (χ3v) is 4.09. The second-order valence-electron chi connectivity index (χ2n) is 5.69. The molecule has 0 saturated carbocycles. The topological polar surface area (TPSA) is 46.6 Å². The molecule has 0 bridgehead atoms. The lowest BCUT2D eigenvalue weighted by molar-refractivity contribution is 0.109. The fourth-order valence-electron chi connectivity index (χ4n) is 3.10. The van der Waals surface area contributed by atoms with Crippen LogP contribution in [0.2, 0.25) is 0 Å². The summed E-state index contributed by atoms with van der Waals surface area (Å²) in [6.45, 7) is 5.71. The van der Waals surface area contributed by atoms with Gasteiger partial charge in [-0.1, -0.05) is 12.5 Å². The summed E-state index contributed by atoms with van der Waals surface area (Å²) in [4.78, 5) is 7.33. The number of likely N-dealkylation sites (tertiary alicyclic amines) is 1. The highest BCUT2D eigenvalue weighted by atomic mass is 15.2. The summed E-state index contributed by atoms with van der Waals surface area (Å²) >= 11 is 0. The van der Waals surface area contributed by atoms with Gasteiger partial charge in [-0.25, -0.2) is 4.98 Å². The first-order chi connectivity index (χ1) is 9.16. The predicted octanol–water partition coefficient (Wildman–Crippen LogP) is 2.85. The van der Waals surface area contributed by atoms with E-state index in [9.17, 15) is 0 Å². The molecule has 102 valence electrons. The first-order valence-electron chi connectivity index (χ1n) is 7.16. The maximum absolute atomic E-state index is 6.00. The maximum atomic E-state index is 6.00. The minimum atomic E-state index is 0.438. The van der Waals surface area contributed by atoms with Gasteiger partial charge in [-0.3, -0.25) is 9.30 Å². The van der Waals surface area contributed by atoms with Gasteiger partial charge in [0.05, 0.1) is 11.7 Å². The Morgan fingerprint density at radius 1 is 1.32 bits per heavy atom. The Balaban J connectivity index is 2.00. The van der Waals surface area contributed by atoms with Gasteiger partial charge in [0.2, 0.25) is 0 Å². The van der Waals surface area contributed by atoms with Gasteiger partial charge in [0.1, 0.15) is 11.5 Å². The lowest BCUT2D eigenvalue weighted by Crippen LogP contribution is -2.38. The van der Waals surface area contributed by atoms with E-state index in [-0.39, 0.29) is 0 Å². The SMILES string of the molecule is CC(C)N1CCCCC1c1cn2c(N)cccc2n1. The number of imidazole rings is 1. The van der Waals surface area contributed by atoms with Gasteiger partial charge in [-0.2, -0.15) is 0 Å². The molecule has 0 aliphatic carbocycles. The molecule has 1 aliphatic heterocycles. The molecule has 1 fully saturated rings. The smallest absolute Gasteiger partial charge is 0.138 e. The van der Waals surface area contributed by atoms with Gasteiger partial charge in [0, 0.05) is 12.2 Å². The molecule has 1 atom stereocenters. The standard InChI is InChI=1S/C15H22N4/c1-11(2)18-9-4-3-6-13(18)12-10-19-14(16)7-5-8-15(19)17-12/h5,7-8,10-11,13H,3-4,6,9,16H2,1-2H3. The number of fused-ring (bicyclic) bond motifs is 1. The number of piperidine rings is 1. The third kappa shape index (κ3) is 2.21. The van der Waals surface area contributed by atoms with Gasteiger partial charge in [0.25, 0.3) is 0 Å². The Bertz CT molecular complexity index is 573. The number of hydrogen-bond acceptors (Lipinski definition) is 3. The highest BCUT2D eigenvalue weighted by Crippen LogP contribution is 2.32. The Morgan fingerprint density at radius 3 is 2.89 bits per heavy atom. The molecule has 1 unspecified atom stereocenters. The second-order valence-corrected chi connectivity index (χ2v) is 5.69. The lowest BCUT2D eigenvalue weighted by atomic mass is 9.98. The van der Waals surface area contributed by atoms with Crippen LogP contribution in [0.3, 0.4) is 0 Å². The van der Waals surface area contributed by atoms with Crippen LogP contribution >= 0.6 is 0 Å². The van der Waals surface area contributed by atoms with E-state index in [4.69, 9.17) is 10.7 Å². The quantitative estimate of drug-likeness (QED) is 0.901. The Morgan fingerprint density at radius 2 is 2.16 bits per heavy atom. The van der Waals surface area contributed by atoms with E-state index in [0.717, 1.165) is 17.2 Å². The van der Waals surface area contributed by atoms with Gasteiger partial charge >= 0.3 is 0 Å². The summed E-state index contributed by atoms with van der Waals surface area (Å²) < 4.78 is 1.99. The zero-order valence-electron chi connectivity index (χ0n) is 11.7. The van der Waals surface area contributed by atoms with Crippen molar-refractivity contribution in [2.45, 2.75) is 45.2 Å². The fourth-order valence-corrected chi connectivity index (χ4v) is 3.10. The van der Waals surface area contributed by atoms with Crippen LogP contribution in [0.5, 0.6) is 0 Å². The molecular formula is C15H22N4. The monoisotopic (exact) mass is 258 g/mol. The summed E-state index contributed by atoms with van der Waals surface area (Å²) in [7, 11) is 0. The average Bonchev–Trinajstić information content (AvgIpc) is 2.84. The van der Waals surface area contributed by atoms with E-state index < -0.39 is 0 Å². The predicted molar refractivity (Wildman–Crippen MR) is 78.0 cm³/mol. The highest BCUT2D eigenvalue weighted by Gasteiger charge is 2.27. The first-order valence-corrected chi connectivity index (χ1v) is 7.16. The fraction of sp³-hybridized carbons (Fsp3) is 0.533. The lowest BCUT2D eigenvalue weighted by Gasteiger charge is -2.37. The maximum Gasteiger partial charge on any atom is 0.138 e. The van der Waals surface area contributed by atoms with Gasteiger partial charge in [-0.15, -0.1) is 0 Å². The summed E-state index contributed by atoms with van der Waals surface area (Å²) in [5.41, 5.74) is 8.11. The van der Waals surface area contributed by atoms with Crippen molar-refractivity contribution in [3.8, 4) is 0 Å². The molecular weight excluding hydrogens is 236 g/mol. The van der Waals surface area contributed by atoms with Crippen LogP contribution in [0.15, 0.2) is 24.4 Å². The van der Waals surface area contributed by atoms with Crippen LogP contribution in [0.25, 0.3) is 5.65 Å². The Kier molecular flexibility index (Phi) is 3.19. The van der Waals surface area contributed by atoms with Gasteiger partial charge in [0.15, 0.2) is 0 Å². The number of anilines is 1. The Hall–Kier alpha value is -1.55. The summed E-state index contributed by atoms with van der Waals surface area (Å²) in [6.07, 6.45) is 5.89. The summed E-state index contributed by atoms with van der Waals surface area (Å²) in [6, 6.07) is 6.89. The number of hydrogen-bond donors (Lipinski definition) is 1. The normalized spacial score (nSPS) is 21.3. The van der Waals surface area contributed by atoms with Gasteiger partial charge < -0.3 is 5.73 Å². The average molecular weight is 258 g/mol. The van der Waals surface area contributed by atoms with E-state index in [2.05, 4.69) is 24.9 Å². The van der Waals surface area contributed by atoms with Crippen LogP contribution in [0.1, 0.15) is 44.8 Å². The minimum Gasteiger partial charge on any atom is -0.385 e. The minimum absolute atomic E-state index is 0.438. The molecule has 1 aliphatic rings. The van der Waals surface area contributed by atoms with Crippen molar-refractivity contribution in [3.63, 3.8) is 0 Å². The molecule has 2 aromatic heterocycles. The number of pyridine rings is 1. The molecule has 0 amide bonds. The summed E-state index contributed by atoms with van der Waals surface area (Å²) in [5.74, 6) is 0.753. The third-order valence-electron chi connectivity index (χ3n) is 4.09. The number of aromatic nitrogens is 2. The van der Waals surface area contributed by atoms with Crippen molar-refractivity contribution in [1.82, 2.24) is 14.3 Å². The molecule has 2 N–H and O–H groups in total. The van der Waals surface area contributed by atoms with Crippen LogP contribution < -0.4 is 5.73 Å². The van der Waals surface area contributed by atoms with Crippen LogP contribution in [-0.2, 0) is 0 Å². The van der Waals surface area contributed by atoms with Crippen LogP contribution in [-0.4, -0.2) is 26.9 Å². The van der Waals surface area contributed by atoms with E-state index >= 15 is 0 Å². The molecule has 19 heavy (non-hydrogen) atoms. The van der Waals surface area contributed by atoms with E-state index in [1.807, 2.05) is 22.6 Å². The molecule has 4 nitrogen and oxygen atoms in total. The van der Waals surface area contributed by atoms with Crippen molar-refractivity contribution >= 4 is 11.5 Å². The number of nitrogens with zero attached hydrogens (tertiary/aromatic N) is 3. The molecule has 0 spiro atoms. The molecule has 4 heteroatoms. The van der Waals surface area contributed by atoms with Crippen molar-refractivity contribution in [2.24, 2.45) is 0 Å². The molecule has 1 saturated heterocycles. The second kappa shape index (κ2) is 4.85. The summed E-state index contributed by atoms with van der Waals surface area (Å²) in [5, 5.41) is 0. The van der Waals surface area contributed by atoms with Crippen molar-refractivity contribution in [3.05, 3.63) is 30.1 Å². The molecule has 0 radical (unpaired) electrons. The first kappa shape index (κ1) is 12.5.